The van der Waals surface area contributed by atoms with Gasteiger partial charge in [-0.2, -0.15) is 9.97 Å². The first-order valence-corrected chi connectivity index (χ1v) is 9.17. The molecule has 3 aromatic rings. The van der Waals surface area contributed by atoms with Crippen molar-refractivity contribution in [2.24, 2.45) is 0 Å². The van der Waals surface area contributed by atoms with Gasteiger partial charge in [0.1, 0.15) is 5.82 Å². The van der Waals surface area contributed by atoms with Crippen LogP contribution in [0.5, 0.6) is 0 Å². The molecule has 2 aromatic heterocycles. The van der Waals surface area contributed by atoms with E-state index in [1.807, 2.05) is 4.57 Å². The maximum atomic E-state index is 13.1. The van der Waals surface area contributed by atoms with Crippen LogP contribution in [0.1, 0.15) is 25.5 Å². The largest absolute Gasteiger partial charge is 0.378 e. The fourth-order valence-electron chi connectivity index (χ4n) is 3.10. The molecule has 0 aliphatic carbocycles. The normalized spacial score (nSPS) is 14.9. The molecule has 0 amide bonds. The van der Waals surface area contributed by atoms with Crippen molar-refractivity contribution in [1.82, 2.24) is 19.5 Å². The first-order valence-electron chi connectivity index (χ1n) is 9.17. The predicted octanol–water partition coefficient (Wildman–Crippen LogP) is 3.00. The minimum atomic E-state index is -0.242. The van der Waals surface area contributed by atoms with Crippen LogP contribution in [0, 0.1) is 5.82 Å². The molecule has 1 aromatic carbocycles. The highest BCUT2D eigenvalue weighted by Gasteiger charge is 2.19. The Morgan fingerprint density at radius 2 is 1.89 bits per heavy atom. The fourth-order valence-corrected chi connectivity index (χ4v) is 3.10. The van der Waals surface area contributed by atoms with Crippen molar-refractivity contribution in [3.63, 3.8) is 0 Å². The third-order valence-electron chi connectivity index (χ3n) is 4.63. The number of hydrogen-bond donors (Lipinski definition) is 1. The zero-order chi connectivity index (χ0) is 18.8. The van der Waals surface area contributed by atoms with Gasteiger partial charge in [0.2, 0.25) is 5.95 Å². The molecule has 142 valence electrons. The lowest BCUT2D eigenvalue weighted by atomic mass is 10.2. The second-order valence-corrected chi connectivity index (χ2v) is 6.87. The molecular weight excluding hydrogens is 347 g/mol. The molecular formula is C19H23FN6O. The van der Waals surface area contributed by atoms with Crippen LogP contribution >= 0.6 is 0 Å². The Balaban J connectivity index is 1.69. The number of anilines is 2. The topological polar surface area (TPSA) is 68.1 Å². The van der Waals surface area contributed by atoms with Crippen LogP contribution in [0.2, 0.25) is 0 Å². The Labute approximate surface area is 157 Å². The van der Waals surface area contributed by atoms with Crippen LogP contribution in [0.15, 0.2) is 30.6 Å². The third-order valence-corrected chi connectivity index (χ3v) is 4.63. The SMILES string of the molecule is CC(C)n1cnc2c(NCc3ccc(F)cc3)nc(N3CCOCC3)nc21. The van der Waals surface area contributed by atoms with Gasteiger partial charge in [-0.3, -0.25) is 0 Å². The number of benzene rings is 1. The molecule has 1 N–H and O–H groups in total. The van der Waals surface area contributed by atoms with Crippen molar-refractivity contribution in [1.29, 1.82) is 0 Å². The van der Waals surface area contributed by atoms with E-state index in [1.165, 1.54) is 12.1 Å². The summed E-state index contributed by atoms with van der Waals surface area (Å²) in [4.78, 5) is 16.2. The van der Waals surface area contributed by atoms with Gasteiger partial charge in [0, 0.05) is 25.7 Å². The lowest BCUT2D eigenvalue weighted by Gasteiger charge is -2.27. The van der Waals surface area contributed by atoms with E-state index in [1.54, 1.807) is 18.5 Å². The molecule has 0 radical (unpaired) electrons. The molecule has 1 fully saturated rings. The van der Waals surface area contributed by atoms with E-state index in [0.29, 0.717) is 31.5 Å². The van der Waals surface area contributed by atoms with Gasteiger partial charge in [-0.25, -0.2) is 9.37 Å². The molecule has 27 heavy (non-hydrogen) atoms. The molecule has 0 bridgehead atoms. The summed E-state index contributed by atoms with van der Waals surface area (Å²) < 4.78 is 20.6. The molecule has 0 saturated carbocycles. The number of aromatic nitrogens is 4. The molecule has 0 spiro atoms. The van der Waals surface area contributed by atoms with E-state index in [4.69, 9.17) is 14.7 Å². The number of nitrogens with zero attached hydrogens (tertiary/aromatic N) is 5. The molecule has 0 atom stereocenters. The minimum absolute atomic E-state index is 0.242. The van der Waals surface area contributed by atoms with Crippen LogP contribution in [0.25, 0.3) is 11.2 Å². The van der Waals surface area contributed by atoms with E-state index < -0.39 is 0 Å². The molecule has 4 rings (SSSR count). The Bertz CT molecular complexity index is 918. The van der Waals surface area contributed by atoms with Crippen LogP contribution in [-0.4, -0.2) is 45.8 Å². The second kappa shape index (κ2) is 7.48. The van der Waals surface area contributed by atoms with E-state index in [0.717, 1.165) is 29.8 Å². The smallest absolute Gasteiger partial charge is 0.229 e. The average molecular weight is 370 g/mol. The number of ether oxygens (including phenoxy) is 1. The molecule has 1 aliphatic heterocycles. The standard InChI is InChI=1S/C19H23FN6O/c1-13(2)26-12-22-16-17(21-11-14-3-5-15(20)6-4-14)23-19(24-18(16)26)25-7-9-27-10-8-25/h3-6,12-13H,7-11H2,1-2H3,(H,21,23,24). The number of rotatable bonds is 5. The molecule has 1 aliphatic rings. The van der Waals surface area contributed by atoms with Gasteiger partial charge >= 0.3 is 0 Å². The number of halogens is 1. The average Bonchev–Trinajstić information content (AvgIpc) is 3.12. The minimum Gasteiger partial charge on any atom is -0.378 e. The van der Waals surface area contributed by atoms with Gasteiger partial charge in [0.15, 0.2) is 17.0 Å². The summed E-state index contributed by atoms with van der Waals surface area (Å²) >= 11 is 0. The monoisotopic (exact) mass is 370 g/mol. The summed E-state index contributed by atoms with van der Waals surface area (Å²) in [5, 5.41) is 3.35. The lowest BCUT2D eigenvalue weighted by molar-refractivity contribution is 0.122. The van der Waals surface area contributed by atoms with Crippen LogP contribution in [0.3, 0.4) is 0 Å². The van der Waals surface area contributed by atoms with E-state index in [9.17, 15) is 4.39 Å². The van der Waals surface area contributed by atoms with Gasteiger partial charge in [-0.1, -0.05) is 12.1 Å². The first-order chi connectivity index (χ1) is 13.1. The number of imidazole rings is 1. The van der Waals surface area contributed by atoms with Crippen molar-refractivity contribution in [2.45, 2.75) is 26.4 Å². The van der Waals surface area contributed by atoms with Crippen molar-refractivity contribution in [2.75, 3.05) is 36.5 Å². The Morgan fingerprint density at radius 3 is 2.59 bits per heavy atom. The quantitative estimate of drug-likeness (QED) is 0.745. The fraction of sp³-hybridized carbons (Fsp3) is 0.421. The second-order valence-electron chi connectivity index (χ2n) is 6.87. The zero-order valence-corrected chi connectivity index (χ0v) is 15.5. The predicted molar refractivity (Wildman–Crippen MR) is 102 cm³/mol. The van der Waals surface area contributed by atoms with Gasteiger partial charge < -0.3 is 19.5 Å². The Morgan fingerprint density at radius 1 is 1.15 bits per heavy atom. The number of hydrogen-bond acceptors (Lipinski definition) is 6. The number of nitrogens with one attached hydrogen (secondary N) is 1. The van der Waals surface area contributed by atoms with Crippen molar-refractivity contribution < 1.29 is 9.13 Å². The summed E-state index contributed by atoms with van der Waals surface area (Å²) in [6.07, 6.45) is 1.80. The third kappa shape index (κ3) is 3.71. The van der Waals surface area contributed by atoms with E-state index in [2.05, 4.69) is 29.0 Å². The molecule has 0 unspecified atom stereocenters. The van der Waals surface area contributed by atoms with Crippen molar-refractivity contribution in [3.8, 4) is 0 Å². The maximum Gasteiger partial charge on any atom is 0.229 e. The zero-order valence-electron chi connectivity index (χ0n) is 15.5. The summed E-state index contributed by atoms with van der Waals surface area (Å²) in [5.74, 6) is 1.12. The van der Waals surface area contributed by atoms with Gasteiger partial charge in [-0.15, -0.1) is 0 Å². The van der Waals surface area contributed by atoms with E-state index >= 15 is 0 Å². The van der Waals surface area contributed by atoms with Crippen LogP contribution in [0.4, 0.5) is 16.2 Å². The van der Waals surface area contributed by atoms with Crippen molar-refractivity contribution >= 4 is 22.9 Å². The van der Waals surface area contributed by atoms with Gasteiger partial charge in [0.05, 0.1) is 19.5 Å². The highest BCUT2D eigenvalue weighted by Crippen LogP contribution is 2.25. The molecule has 7 nitrogen and oxygen atoms in total. The molecule has 3 heterocycles. The summed E-state index contributed by atoms with van der Waals surface area (Å²) in [7, 11) is 0. The molecule has 1 saturated heterocycles. The van der Waals surface area contributed by atoms with Crippen LogP contribution in [-0.2, 0) is 11.3 Å². The first kappa shape index (κ1) is 17.7. The van der Waals surface area contributed by atoms with E-state index in [-0.39, 0.29) is 11.9 Å². The highest BCUT2D eigenvalue weighted by atomic mass is 19.1. The number of fused-ring (bicyclic) bond motifs is 1. The summed E-state index contributed by atoms with van der Waals surface area (Å²) in [6.45, 7) is 7.60. The summed E-state index contributed by atoms with van der Waals surface area (Å²) in [6, 6.07) is 6.68. The molecule has 8 heteroatoms. The van der Waals surface area contributed by atoms with Gasteiger partial charge in [-0.05, 0) is 31.5 Å². The lowest BCUT2D eigenvalue weighted by Crippen LogP contribution is -2.37. The Kier molecular flexibility index (Phi) is 4.89. The highest BCUT2D eigenvalue weighted by molar-refractivity contribution is 5.84. The Hall–Kier alpha value is -2.74. The van der Waals surface area contributed by atoms with Crippen molar-refractivity contribution in [3.05, 3.63) is 42.0 Å². The number of morpholine rings is 1. The van der Waals surface area contributed by atoms with Gasteiger partial charge in [0.25, 0.3) is 0 Å². The summed E-state index contributed by atoms with van der Waals surface area (Å²) in [5.41, 5.74) is 2.52. The maximum absolute atomic E-state index is 13.1. The van der Waals surface area contributed by atoms with Crippen LogP contribution < -0.4 is 10.2 Å².